The van der Waals surface area contributed by atoms with E-state index in [0.717, 1.165) is 26.2 Å². The second-order valence-corrected chi connectivity index (χ2v) is 6.38. The van der Waals surface area contributed by atoms with Crippen LogP contribution in [0.3, 0.4) is 0 Å². The van der Waals surface area contributed by atoms with Gasteiger partial charge in [-0.2, -0.15) is 0 Å². The van der Waals surface area contributed by atoms with Crippen LogP contribution < -0.4 is 20.3 Å². The molecule has 3 N–H and O–H groups in total. The molecule has 0 aliphatic carbocycles. The molecule has 0 spiro atoms. The number of nitrogens with one attached hydrogen (secondary N) is 3. The smallest absolute Gasteiger partial charge is 0.249 e. The lowest BCUT2D eigenvalue weighted by molar-refractivity contribution is -0.883. The van der Waals surface area contributed by atoms with E-state index >= 15 is 0 Å². The molecule has 0 radical (unpaired) electrons. The van der Waals surface area contributed by atoms with E-state index in [-0.39, 0.29) is 18.2 Å². The Labute approximate surface area is 146 Å². The number of ether oxygens (including phenoxy) is 1. The van der Waals surface area contributed by atoms with E-state index in [1.807, 2.05) is 4.90 Å². The first-order valence-corrected chi connectivity index (χ1v) is 8.44. The van der Waals surface area contributed by atoms with Crippen LogP contribution in [-0.4, -0.2) is 69.1 Å². The SMILES string of the molecule is COc1ccc(NC(=O)[C@@H]2CC(=O)NC(N3CC[NH+](C)CC3)=N2)cc1. The summed E-state index contributed by atoms with van der Waals surface area (Å²) < 4.78 is 5.10. The van der Waals surface area contributed by atoms with Crippen LogP contribution in [0.4, 0.5) is 5.69 Å². The predicted molar refractivity (Wildman–Crippen MR) is 93.8 cm³/mol. The molecule has 3 rings (SSSR count). The number of carbonyl (C=O) groups excluding carboxylic acids is 2. The number of aliphatic imine (C=N–C) groups is 1. The minimum atomic E-state index is -0.710. The van der Waals surface area contributed by atoms with Crippen molar-refractivity contribution in [2.75, 3.05) is 45.7 Å². The van der Waals surface area contributed by atoms with Crippen LogP contribution >= 0.6 is 0 Å². The van der Waals surface area contributed by atoms with Crippen molar-refractivity contribution in [3.63, 3.8) is 0 Å². The number of guanidine groups is 1. The third-order valence-corrected chi connectivity index (χ3v) is 4.48. The predicted octanol–water partition coefficient (Wildman–Crippen LogP) is -1.29. The number of piperazine rings is 1. The van der Waals surface area contributed by atoms with Gasteiger partial charge in [0.1, 0.15) is 11.8 Å². The van der Waals surface area contributed by atoms with E-state index in [4.69, 9.17) is 4.74 Å². The van der Waals surface area contributed by atoms with Gasteiger partial charge < -0.3 is 19.9 Å². The Hall–Kier alpha value is -2.61. The molecule has 2 aliphatic heterocycles. The summed E-state index contributed by atoms with van der Waals surface area (Å²) in [5.74, 6) is 0.773. The molecule has 8 heteroatoms. The molecular weight excluding hydrogens is 322 g/mol. The van der Waals surface area contributed by atoms with Crippen LogP contribution in [0.15, 0.2) is 29.3 Å². The van der Waals surface area contributed by atoms with Crippen LogP contribution in [0, 0.1) is 0 Å². The molecular formula is C17H24N5O3+. The van der Waals surface area contributed by atoms with Crippen molar-refractivity contribution in [2.45, 2.75) is 12.5 Å². The Morgan fingerprint density at radius 3 is 2.64 bits per heavy atom. The number of hydrogen-bond acceptors (Lipinski definition) is 5. The number of anilines is 1. The van der Waals surface area contributed by atoms with Gasteiger partial charge in [0.2, 0.25) is 17.8 Å². The summed E-state index contributed by atoms with van der Waals surface area (Å²) in [5.41, 5.74) is 0.650. The van der Waals surface area contributed by atoms with Crippen LogP contribution in [-0.2, 0) is 9.59 Å². The Morgan fingerprint density at radius 2 is 2.00 bits per heavy atom. The van der Waals surface area contributed by atoms with Crippen LogP contribution in [0.2, 0.25) is 0 Å². The second-order valence-electron chi connectivity index (χ2n) is 6.38. The van der Waals surface area contributed by atoms with Gasteiger partial charge in [-0.05, 0) is 24.3 Å². The number of benzene rings is 1. The van der Waals surface area contributed by atoms with Crippen molar-refractivity contribution in [1.29, 1.82) is 0 Å². The average Bonchev–Trinajstić information content (AvgIpc) is 2.62. The summed E-state index contributed by atoms with van der Waals surface area (Å²) in [5, 5.41) is 5.61. The minimum Gasteiger partial charge on any atom is -0.497 e. The topological polar surface area (TPSA) is 87.5 Å². The summed E-state index contributed by atoms with van der Waals surface area (Å²) in [6.45, 7) is 3.60. The van der Waals surface area contributed by atoms with Crippen molar-refractivity contribution >= 4 is 23.5 Å². The highest BCUT2D eigenvalue weighted by atomic mass is 16.5. The van der Waals surface area contributed by atoms with Gasteiger partial charge in [0.25, 0.3) is 0 Å². The third-order valence-electron chi connectivity index (χ3n) is 4.48. The van der Waals surface area contributed by atoms with Crippen molar-refractivity contribution in [3.05, 3.63) is 24.3 Å². The number of rotatable bonds is 3. The fourth-order valence-electron chi connectivity index (χ4n) is 2.89. The molecule has 134 valence electrons. The summed E-state index contributed by atoms with van der Waals surface area (Å²) in [7, 11) is 3.73. The van der Waals surface area contributed by atoms with E-state index in [9.17, 15) is 9.59 Å². The number of amides is 2. The zero-order valence-corrected chi connectivity index (χ0v) is 14.5. The third kappa shape index (κ3) is 4.27. The van der Waals surface area contributed by atoms with Crippen LogP contribution in [0.5, 0.6) is 5.75 Å². The number of quaternary nitrogens is 1. The molecule has 2 heterocycles. The van der Waals surface area contributed by atoms with E-state index < -0.39 is 6.04 Å². The Balaban J connectivity index is 1.67. The molecule has 25 heavy (non-hydrogen) atoms. The molecule has 8 nitrogen and oxygen atoms in total. The zero-order valence-electron chi connectivity index (χ0n) is 14.5. The maximum absolute atomic E-state index is 12.5. The van der Waals surface area contributed by atoms with Crippen LogP contribution in [0.1, 0.15) is 6.42 Å². The second kappa shape index (κ2) is 7.52. The first-order valence-electron chi connectivity index (χ1n) is 8.44. The largest absolute Gasteiger partial charge is 0.497 e. The van der Waals surface area contributed by atoms with Gasteiger partial charge in [0.05, 0.1) is 46.8 Å². The van der Waals surface area contributed by atoms with Crippen LogP contribution in [0.25, 0.3) is 0 Å². The lowest BCUT2D eigenvalue weighted by Crippen LogP contribution is -3.12. The van der Waals surface area contributed by atoms with Crippen molar-refractivity contribution in [1.82, 2.24) is 10.2 Å². The lowest BCUT2D eigenvalue weighted by Gasteiger charge is -2.34. The van der Waals surface area contributed by atoms with Crippen molar-refractivity contribution in [2.24, 2.45) is 4.99 Å². The van der Waals surface area contributed by atoms with Crippen molar-refractivity contribution < 1.29 is 19.2 Å². The molecule has 2 amide bonds. The monoisotopic (exact) mass is 346 g/mol. The maximum atomic E-state index is 12.5. The van der Waals surface area contributed by atoms with Gasteiger partial charge in [-0.25, -0.2) is 4.99 Å². The van der Waals surface area contributed by atoms with Gasteiger partial charge in [0.15, 0.2) is 0 Å². The van der Waals surface area contributed by atoms with Gasteiger partial charge in [-0.1, -0.05) is 0 Å². The standard InChI is InChI=1S/C17H23N5O3/c1-21-7-9-22(10-8-21)17-19-14(11-15(23)20-17)16(24)18-12-3-5-13(25-2)6-4-12/h3-6,14H,7-11H2,1-2H3,(H,18,24)(H,19,20,23)/p+1/t14-/m0/s1. The van der Waals surface area contributed by atoms with E-state index in [1.165, 1.54) is 4.90 Å². The number of methoxy groups -OCH3 is 1. The first kappa shape index (κ1) is 17.2. The summed E-state index contributed by atoms with van der Waals surface area (Å²) >= 11 is 0. The molecule has 1 fully saturated rings. The van der Waals surface area contributed by atoms with Gasteiger partial charge in [-0.3, -0.25) is 14.9 Å². The molecule has 1 aromatic carbocycles. The Morgan fingerprint density at radius 1 is 1.32 bits per heavy atom. The molecule has 1 saturated heterocycles. The average molecular weight is 346 g/mol. The van der Waals surface area contributed by atoms with E-state index in [1.54, 1.807) is 31.4 Å². The van der Waals surface area contributed by atoms with Gasteiger partial charge in [-0.15, -0.1) is 0 Å². The van der Waals surface area contributed by atoms with Gasteiger partial charge in [0, 0.05) is 5.69 Å². The molecule has 2 aliphatic rings. The van der Waals surface area contributed by atoms with Gasteiger partial charge >= 0.3 is 0 Å². The summed E-state index contributed by atoms with van der Waals surface area (Å²) in [4.78, 5) is 32.5. The fraction of sp³-hybridized carbons (Fsp3) is 0.471. The number of likely N-dealkylation sites (N-methyl/N-ethyl adjacent to an activating group) is 1. The Kier molecular flexibility index (Phi) is 5.18. The Bertz CT molecular complexity index is 665. The highest BCUT2D eigenvalue weighted by Gasteiger charge is 2.30. The zero-order chi connectivity index (χ0) is 17.8. The quantitative estimate of drug-likeness (QED) is 0.636. The fourth-order valence-corrected chi connectivity index (χ4v) is 2.89. The lowest BCUT2D eigenvalue weighted by atomic mass is 10.1. The highest BCUT2D eigenvalue weighted by Crippen LogP contribution is 2.16. The molecule has 0 saturated carbocycles. The van der Waals surface area contributed by atoms with E-state index in [2.05, 4.69) is 22.7 Å². The summed E-state index contributed by atoms with van der Waals surface area (Å²) in [6, 6.07) is 6.34. The maximum Gasteiger partial charge on any atom is 0.249 e. The molecule has 0 aromatic heterocycles. The van der Waals surface area contributed by atoms with Crippen molar-refractivity contribution in [3.8, 4) is 5.75 Å². The molecule has 1 aromatic rings. The number of hydrogen-bond donors (Lipinski definition) is 3. The summed E-state index contributed by atoms with van der Waals surface area (Å²) in [6.07, 6.45) is 0.0600. The number of carbonyl (C=O) groups is 2. The number of nitrogens with zero attached hydrogens (tertiary/aromatic N) is 2. The molecule has 0 bridgehead atoms. The molecule has 1 atom stereocenters. The van der Waals surface area contributed by atoms with E-state index in [0.29, 0.717) is 17.4 Å². The highest BCUT2D eigenvalue weighted by molar-refractivity contribution is 6.05. The minimum absolute atomic E-state index is 0.0600. The normalized spacial score (nSPS) is 21.4. The first-order chi connectivity index (χ1) is 12.0. The molecule has 0 unspecified atom stereocenters.